The van der Waals surface area contributed by atoms with Crippen molar-refractivity contribution in [2.45, 2.75) is 49.5 Å². The number of alkyl halides is 3. The molecule has 3 aromatic rings. The van der Waals surface area contributed by atoms with Gasteiger partial charge in [0.1, 0.15) is 0 Å². The zero-order chi connectivity index (χ0) is 25.5. The number of halogens is 3. The fourth-order valence-corrected chi connectivity index (χ4v) is 5.29. The first-order chi connectivity index (χ1) is 17.1. The van der Waals surface area contributed by atoms with Crippen LogP contribution in [0, 0.1) is 0 Å². The van der Waals surface area contributed by atoms with Gasteiger partial charge in [-0.2, -0.15) is 18.3 Å². The van der Waals surface area contributed by atoms with Crippen LogP contribution in [0.2, 0.25) is 0 Å². The Balaban J connectivity index is 1.09. The van der Waals surface area contributed by atoms with Gasteiger partial charge in [-0.3, -0.25) is 19.4 Å². The molecule has 192 valence electrons. The molecule has 11 heteroatoms. The van der Waals surface area contributed by atoms with Crippen molar-refractivity contribution in [3.8, 4) is 0 Å². The van der Waals surface area contributed by atoms with Crippen LogP contribution in [0.25, 0.3) is 10.9 Å². The standard InChI is InChI=1S/C25H29F3N6O2/c1-33-21-5-4-16(25(26,27)28)11-20(21)23(32-33)30-13-22(35)31-18-14-34(15-18)19-6-8-24(36,9-7-19)17-3-2-10-29-12-17/h2-5,10-12,18-19,36H,6-9,13-15H2,1H3,(H,30,32)(H,31,35)/t19-,24-. The minimum Gasteiger partial charge on any atom is -0.385 e. The number of nitrogens with one attached hydrogen (secondary N) is 2. The summed E-state index contributed by atoms with van der Waals surface area (Å²) in [5, 5.41) is 21.4. The van der Waals surface area contributed by atoms with Gasteiger partial charge in [0, 0.05) is 49.5 Å². The van der Waals surface area contributed by atoms with Gasteiger partial charge in [-0.25, -0.2) is 0 Å². The maximum absolute atomic E-state index is 13.1. The lowest BCUT2D eigenvalue weighted by molar-refractivity contribution is -0.137. The second kappa shape index (κ2) is 9.36. The van der Waals surface area contributed by atoms with Gasteiger partial charge in [-0.1, -0.05) is 6.07 Å². The van der Waals surface area contributed by atoms with E-state index in [0.29, 0.717) is 29.8 Å². The summed E-state index contributed by atoms with van der Waals surface area (Å²) in [5.41, 5.74) is -0.180. The summed E-state index contributed by atoms with van der Waals surface area (Å²) < 4.78 is 40.8. The van der Waals surface area contributed by atoms with Crippen LogP contribution < -0.4 is 10.6 Å². The van der Waals surface area contributed by atoms with E-state index in [1.54, 1.807) is 19.4 Å². The van der Waals surface area contributed by atoms with E-state index in [1.807, 2.05) is 12.1 Å². The number of amides is 1. The van der Waals surface area contributed by atoms with E-state index in [1.165, 1.54) is 10.7 Å². The summed E-state index contributed by atoms with van der Waals surface area (Å²) in [6.07, 6.45) is 2.08. The third-order valence-corrected chi connectivity index (χ3v) is 7.37. The van der Waals surface area contributed by atoms with Crippen molar-refractivity contribution in [2.24, 2.45) is 7.05 Å². The summed E-state index contributed by atoms with van der Waals surface area (Å²) in [6.45, 7) is 1.40. The molecule has 0 atom stereocenters. The zero-order valence-corrected chi connectivity index (χ0v) is 19.9. The van der Waals surface area contributed by atoms with Crippen LogP contribution in [-0.4, -0.2) is 62.4 Å². The van der Waals surface area contributed by atoms with Crippen molar-refractivity contribution in [1.82, 2.24) is 25.0 Å². The number of aryl methyl sites for hydroxylation is 1. The molecule has 2 fully saturated rings. The summed E-state index contributed by atoms with van der Waals surface area (Å²) in [5.74, 6) is 0.00678. The van der Waals surface area contributed by atoms with E-state index in [9.17, 15) is 23.1 Å². The third-order valence-electron chi connectivity index (χ3n) is 7.37. The van der Waals surface area contributed by atoms with Gasteiger partial charge in [0.2, 0.25) is 5.91 Å². The fraction of sp³-hybridized carbons (Fsp3) is 0.480. The highest BCUT2D eigenvalue weighted by Gasteiger charge is 2.40. The van der Waals surface area contributed by atoms with Gasteiger partial charge in [-0.15, -0.1) is 0 Å². The molecule has 1 aliphatic carbocycles. The van der Waals surface area contributed by atoms with Gasteiger partial charge < -0.3 is 15.7 Å². The number of carbonyl (C=O) groups is 1. The first-order valence-electron chi connectivity index (χ1n) is 12.1. The smallest absolute Gasteiger partial charge is 0.385 e. The normalized spacial score (nSPS) is 23.4. The largest absolute Gasteiger partial charge is 0.416 e. The maximum atomic E-state index is 13.1. The minimum absolute atomic E-state index is 0.0238. The monoisotopic (exact) mass is 502 g/mol. The van der Waals surface area contributed by atoms with Gasteiger partial charge in [-0.05, 0) is 49.9 Å². The lowest BCUT2D eigenvalue weighted by atomic mass is 9.77. The average molecular weight is 503 g/mol. The van der Waals surface area contributed by atoms with Crippen molar-refractivity contribution in [3.63, 3.8) is 0 Å². The molecular weight excluding hydrogens is 473 g/mol. The lowest BCUT2D eigenvalue weighted by Crippen LogP contribution is -2.63. The van der Waals surface area contributed by atoms with E-state index < -0.39 is 17.3 Å². The highest BCUT2D eigenvalue weighted by atomic mass is 19.4. The molecule has 0 bridgehead atoms. The molecular formula is C25H29F3N6O2. The molecule has 0 unspecified atom stereocenters. The maximum Gasteiger partial charge on any atom is 0.416 e. The average Bonchev–Trinajstić information content (AvgIpc) is 3.15. The third kappa shape index (κ3) is 4.90. The van der Waals surface area contributed by atoms with Crippen LogP contribution in [-0.2, 0) is 23.6 Å². The number of aromatic nitrogens is 3. The van der Waals surface area contributed by atoms with Crippen LogP contribution in [0.5, 0.6) is 0 Å². The second-order valence-electron chi connectivity index (χ2n) is 9.78. The Morgan fingerprint density at radius 1 is 1.22 bits per heavy atom. The number of anilines is 1. The number of aliphatic hydroxyl groups is 1. The van der Waals surface area contributed by atoms with Crippen LogP contribution >= 0.6 is 0 Å². The molecule has 0 spiro atoms. The highest BCUT2D eigenvalue weighted by Crippen LogP contribution is 2.39. The number of hydrogen-bond donors (Lipinski definition) is 3. The molecule has 3 heterocycles. The molecule has 0 radical (unpaired) electrons. The Labute approximate surface area is 206 Å². The molecule has 2 aromatic heterocycles. The first-order valence-corrected chi connectivity index (χ1v) is 12.1. The Morgan fingerprint density at radius 2 is 1.97 bits per heavy atom. The molecule has 3 N–H and O–H groups in total. The topological polar surface area (TPSA) is 95.3 Å². The lowest BCUT2D eigenvalue weighted by Gasteiger charge is -2.48. The Kier molecular flexibility index (Phi) is 6.37. The fourth-order valence-electron chi connectivity index (χ4n) is 5.29. The van der Waals surface area contributed by atoms with Gasteiger partial charge in [0.15, 0.2) is 5.82 Å². The number of likely N-dealkylation sites (tertiary alicyclic amines) is 1. The quantitative estimate of drug-likeness (QED) is 0.480. The number of pyridine rings is 1. The second-order valence-corrected chi connectivity index (χ2v) is 9.78. The molecule has 8 nitrogen and oxygen atoms in total. The molecule has 1 aromatic carbocycles. The predicted molar refractivity (Wildman–Crippen MR) is 128 cm³/mol. The number of benzene rings is 1. The van der Waals surface area contributed by atoms with E-state index >= 15 is 0 Å². The Hall–Kier alpha value is -3.18. The number of carbonyl (C=O) groups excluding carboxylic acids is 1. The molecule has 36 heavy (non-hydrogen) atoms. The highest BCUT2D eigenvalue weighted by molar-refractivity contribution is 5.92. The van der Waals surface area contributed by atoms with Crippen LogP contribution in [0.15, 0.2) is 42.7 Å². The molecule has 1 amide bonds. The summed E-state index contributed by atoms with van der Waals surface area (Å²) in [4.78, 5) is 18.9. The van der Waals surface area contributed by atoms with Crippen LogP contribution in [0.1, 0.15) is 36.8 Å². The van der Waals surface area contributed by atoms with Gasteiger partial charge in [0.25, 0.3) is 0 Å². The van der Waals surface area contributed by atoms with Crippen molar-refractivity contribution in [2.75, 3.05) is 25.0 Å². The first kappa shape index (κ1) is 24.5. The summed E-state index contributed by atoms with van der Waals surface area (Å²) in [6, 6.07) is 7.60. The van der Waals surface area contributed by atoms with Gasteiger partial charge in [0.05, 0.1) is 29.3 Å². The molecule has 1 saturated heterocycles. The van der Waals surface area contributed by atoms with Crippen molar-refractivity contribution in [3.05, 3.63) is 53.9 Å². The van der Waals surface area contributed by atoms with E-state index in [-0.39, 0.29) is 24.3 Å². The Bertz CT molecular complexity index is 1230. The molecule has 2 aliphatic rings. The Morgan fingerprint density at radius 3 is 2.64 bits per heavy atom. The number of fused-ring (bicyclic) bond motifs is 1. The SMILES string of the molecule is Cn1nc(NCC(=O)NC2CN([C@H]3CC[C@@](O)(c4cccnc4)CC3)C2)c2cc(C(F)(F)F)ccc21. The van der Waals surface area contributed by atoms with E-state index in [4.69, 9.17) is 0 Å². The predicted octanol–water partition coefficient (Wildman–Crippen LogP) is 3.03. The van der Waals surface area contributed by atoms with Gasteiger partial charge >= 0.3 is 6.18 Å². The minimum atomic E-state index is -4.45. The van der Waals surface area contributed by atoms with Crippen LogP contribution in [0.3, 0.4) is 0 Å². The van der Waals surface area contributed by atoms with Crippen molar-refractivity contribution in [1.29, 1.82) is 0 Å². The number of rotatable bonds is 6. The van der Waals surface area contributed by atoms with Crippen molar-refractivity contribution < 1.29 is 23.1 Å². The molecule has 1 saturated carbocycles. The number of hydrogen-bond acceptors (Lipinski definition) is 6. The number of nitrogens with zero attached hydrogens (tertiary/aromatic N) is 4. The van der Waals surface area contributed by atoms with Crippen LogP contribution in [0.4, 0.5) is 19.0 Å². The van der Waals surface area contributed by atoms with E-state index in [2.05, 4.69) is 25.6 Å². The summed E-state index contributed by atoms with van der Waals surface area (Å²) in [7, 11) is 1.65. The molecule has 1 aliphatic heterocycles. The van der Waals surface area contributed by atoms with Crippen molar-refractivity contribution >= 4 is 22.6 Å². The van der Waals surface area contributed by atoms with E-state index in [0.717, 1.165) is 43.6 Å². The summed E-state index contributed by atoms with van der Waals surface area (Å²) >= 11 is 0. The zero-order valence-electron chi connectivity index (χ0n) is 19.9. The molecule has 5 rings (SSSR count).